The van der Waals surface area contributed by atoms with Crippen molar-refractivity contribution in [1.82, 2.24) is 0 Å². The lowest BCUT2D eigenvalue weighted by molar-refractivity contribution is -0.111. The van der Waals surface area contributed by atoms with Crippen molar-refractivity contribution >= 4 is 11.5 Å². The minimum absolute atomic E-state index is 0.0284. The number of carbonyl (C=O) groups is 1. The van der Waals surface area contributed by atoms with E-state index in [-0.39, 0.29) is 5.78 Å². The van der Waals surface area contributed by atoms with Crippen LogP contribution in [-0.2, 0) is 9.63 Å². The number of nitrogens with zero attached hydrogens (tertiary/aromatic N) is 1. The Labute approximate surface area is 54.7 Å². The second kappa shape index (κ2) is 4.06. The molecule has 0 N–H and O–H groups in total. The van der Waals surface area contributed by atoms with E-state index in [0.717, 1.165) is 0 Å². The second-order valence-corrected chi connectivity index (χ2v) is 1.63. The first-order chi connectivity index (χ1) is 4.22. The van der Waals surface area contributed by atoms with Gasteiger partial charge >= 0.3 is 0 Å². The quantitative estimate of drug-likeness (QED) is 0.421. The van der Waals surface area contributed by atoms with Crippen molar-refractivity contribution in [3.05, 3.63) is 0 Å². The lowest BCUT2D eigenvalue weighted by Crippen LogP contribution is -2.08. The molecule has 52 valence electrons. The molecule has 0 amide bonds. The number of oxime groups is 1. The average molecular weight is 129 g/mol. The summed E-state index contributed by atoms with van der Waals surface area (Å²) in [5, 5.41) is 3.51. The molecular weight excluding hydrogens is 118 g/mol. The van der Waals surface area contributed by atoms with Crippen LogP contribution in [0.3, 0.4) is 0 Å². The molecule has 0 aromatic heterocycles. The second-order valence-electron chi connectivity index (χ2n) is 1.63. The summed E-state index contributed by atoms with van der Waals surface area (Å²) in [4.78, 5) is 15.0. The number of rotatable bonds is 3. The number of carbonyl (C=O) groups excluding carboxylic acids is 1. The van der Waals surface area contributed by atoms with Gasteiger partial charge in [-0.05, 0) is 6.42 Å². The third-order valence-electron chi connectivity index (χ3n) is 0.943. The molecule has 0 bridgehead atoms. The Morgan fingerprint density at radius 1 is 1.67 bits per heavy atom. The molecule has 0 aromatic rings. The smallest absolute Gasteiger partial charge is 0.177 e. The molecular formula is C6H11NO2. The minimum atomic E-state index is -0.0284. The fourth-order valence-corrected chi connectivity index (χ4v) is 0.488. The van der Waals surface area contributed by atoms with Crippen molar-refractivity contribution < 1.29 is 9.63 Å². The summed E-state index contributed by atoms with van der Waals surface area (Å²) < 4.78 is 0. The van der Waals surface area contributed by atoms with Crippen molar-refractivity contribution in [3.63, 3.8) is 0 Å². The van der Waals surface area contributed by atoms with Gasteiger partial charge in [0, 0.05) is 6.92 Å². The van der Waals surface area contributed by atoms with Crippen molar-refractivity contribution in [2.24, 2.45) is 5.16 Å². The molecule has 0 rings (SSSR count). The van der Waals surface area contributed by atoms with E-state index in [2.05, 4.69) is 9.99 Å². The van der Waals surface area contributed by atoms with Gasteiger partial charge in [0.25, 0.3) is 0 Å². The maximum Gasteiger partial charge on any atom is 0.177 e. The van der Waals surface area contributed by atoms with Gasteiger partial charge in [0.05, 0.1) is 0 Å². The summed E-state index contributed by atoms with van der Waals surface area (Å²) in [5.74, 6) is -0.0284. The highest BCUT2D eigenvalue weighted by Gasteiger charge is 2.01. The first-order valence-electron chi connectivity index (χ1n) is 2.83. The molecule has 0 aromatic carbocycles. The predicted molar refractivity (Wildman–Crippen MR) is 35.4 cm³/mol. The maximum absolute atomic E-state index is 10.6. The van der Waals surface area contributed by atoms with Gasteiger partial charge < -0.3 is 4.84 Å². The van der Waals surface area contributed by atoms with Crippen LogP contribution in [0.1, 0.15) is 20.3 Å². The van der Waals surface area contributed by atoms with E-state index >= 15 is 0 Å². The van der Waals surface area contributed by atoms with E-state index in [1.807, 2.05) is 6.92 Å². The highest BCUT2D eigenvalue weighted by atomic mass is 16.6. The molecule has 0 aliphatic heterocycles. The fraction of sp³-hybridized carbons (Fsp3) is 0.667. The van der Waals surface area contributed by atoms with Gasteiger partial charge in [0.1, 0.15) is 12.8 Å². The molecule has 3 heteroatoms. The average Bonchev–Trinajstić information content (AvgIpc) is 1.82. The number of hydrogen-bond acceptors (Lipinski definition) is 3. The van der Waals surface area contributed by atoms with E-state index in [1.54, 1.807) is 0 Å². The SMILES string of the molecule is CCC(=NOC)C(C)=O. The normalized spacial score (nSPS) is 11.2. The molecule has 9 heavy (non-hydrogen) atoms. The highest BCUT2D eigenvalue weighted by Crippen LogP contribution is 1.87. The van der Waals surface area contributed by atoms with Gasteiger partial charge in [-0.15, -0.1) is 0 Å². The summed E-state index contributed by atoms with van der Waals surface area (Å²) in [6.07, 6.45) is 0.628. The molecule has 0 saturated carbocycles. The third-order valence-corrected chi connectivity index (χ3v) is 0.943. The first kappa shape index (κ1) is 8.14. The zero-order valence-electron chi connectivity index (χ0n) is 5.97. The van der Waals surface area contributed by atoms with Gasteiger partial charge in [-0.1, -0.05) is 12.1 Å². The standard InChI is InChI=1S/C6H11NO2/c1-4-6(5(2)8)7-9-3/h4H2,1-3H3. The van der Waals surface area contributed by atoms with Gasteiger partial charge in [0.2, 0.25) is 0 Å². The lowest BCUT2D eigenvalue weighted by atomic mass is 10.2. The maximum atomic E-state index is 10.6. The molecule has 0 aliphatic rings. The van der Waals surface area contributed by atoms with Crippen molar-refractivity contribution in [2.75, 3.05) is 7.11 Å². The van der Waals surface area contributed by atoms with Crippen LogP contribution >= 0.6 is 0 Å². The largest absolute Gasteiger partial charge is 0.399 e. The van der Waals surface area contributed by atoms with Crippen LogP contribution in [0.5, 0.6) is 0 Å². The lowest BCUT2D eigenvalue weighted by Gasteiger charge is -1.93. The minimum Gasteiger partial charge on any atom is -0.399 e. The zero-order valence-corrected chi connectivity index (χ0v) is 5.97. The highest BCUT2D eigenvalue weighted by molar-refractivity contribution is 6.38. The monoisotopic (exact) mass is 129 g/mol. The van der Waals surface area contributed by atoms with Crippen LogP contribution in [0.4, 0.5) is 0 Å². The van der Waals surface area contributed by atoms with E-state index in [1.165, 1.54) is 14.0 Å². The molecule has 0 unspecified atom stereocenters. The Hall–Kier alpha value is -0.860. The van der Waals surface area contributed by atoms with Gasteiger partial charge in [0.15, 0.2) is 5.78 Å². The van der Waals surface area contributed by atoms with E-state index in [0.29, 0.717) is 12.1 Å². The third kappa shape index (κ3) is 2.85. The summed E-state index contributed by atoms with van der Waals surface area (Å²) in [6.45, 7) is 3.33. The van der Waals surface area contributed by atoms with Crippen molar-refractivity contribution in [3.8, 4) is 0 Å². The Morgan fingerprint density at radius 2 is 2.22 bits per heavy atom. The molecule has 0 heterocycles. The first-order valence-corrected chi connectivity index (χ1v) is 2.83. The molecule has 3 nitrogen and oxygen atoms in total. The zero-order chi connectivity index (χ0) is 7.28. The summed E-state index contributed by atoms with van der Waals surface area (Å²) >= 11 is 0. The Balaban J connectivity index is 3.98. The molecule has 0 saturated heterocycles. The van der Waals surface area contributed by atoms with Crippen LogP contribution in [0.15, 0.2) is 5.16 Å². The summed E-state index contributed by atoms with van der Waals surface area (Å²) in [5.41, 5.74) is 0.484. The fourth-order valence-electron chi connectivity index (χ4n) is 0.488. The molecule has 0 atom stereocenters. The molecule has 0 radical (unpaired) electrons. The van der Waals surface area contributed by atoms with Crippen LogP contribution < -0.4 is 0 Å². The summed E-state index contributed by atoms with van der Waals surface area (Å²) in [7, 11) is 1.43. The Morgan fingerprint density at radius 3 is 2.33 bits per heavy atom. The van der Waals surface area contributed by atoms with E-state index in [9.17, 15) is 4.79 Å². The van der Waals surface area contributed by atoms with E-state index in [4.69, 9.17) is 0 Å². The van der Waals surface area contributed by atoms with Crippen LogP contribution in [0, 0.1) is 0 Å². The van der Waals surface area contributed by atoms with Crippen LogP contribution in [-0.4, -0.2) is 18.6 Å². The van der Waals surface area contributed by atoms with Crippen molar-refractivity contribution in [2.45, 2.75) is 20.3 Å². The van der Waals surface area contributed by atoms with Gasteiger partial charge in [-0.25, -0.2) is 0 Å². The van der Waals surface area contributed by atoms with Gasteiger partial charge in [-0.2, -0.15) is 0 Å². The van der Waals surface area contributed by atoms with Crippen molar-refractivity contribution in [1.29, 1.82) is 0 Å². The Bertz CT molecular complexity index is 129. The Kier molecular flexibility index (Phi) is 3.67. The number of ketones is 1. The predicted octanol–water partition coefficient (Wildman–Crippen LogP) is 0.988. The molecule has 0 fully saturated rings. The van der Waals surface area contributed by atoms with Crippen LogP contribution in [0.25, 0.3) is 0 Å². The van der Waals surface area contributed by atoms with E-state index < -0.39 is 0 Å². The number of Topliss-reactive ketones (excluding diaryl/α,β-unsaturated/α-hetero) is 1. The topological polar surface area (TPSA) is 38.7 Å². The molecule has 0 spiro atoms. The molecule has 0 aliphatic carbocycles. The summed E-state index contributed by atoms with van der Waals surface area (Å²) in [6, 6.07) is 0. The van der Waals surface area contributed by atoms with Crippen LogP contribution in [0.2, 0.25) is 0 Å². The van der Waals surface area contributed by atoms with Gasteiger partial charge in [-0.3, -0.25) is 4.79 Å². The number of hydrogen-bond donors (Lipinski definition) is 0.